The van der Waals surface area contributed by atoms with Gasteiger partial charge in [0.05, 0.1) is 16.8 Å². The number of carbonyl (C=O) groups is 1. The molecule has 0 fully saturated rings. The molecule has 0 aliphatic heterocycles. The van der Waals surface area contributed by atoms with Crippen molar-refractivity contribution in [1.29, 1.82) is 0 Å². The van der Waals surface area contributed by atoms with E-state index in [0.29, 0.717) is 5.75 Å². The lowest BCUT2D eigenvalue weighted by Crippen LogP contribution is -2.10. The first-order chi connectivity index (χ1) is 12.3. The van der Waals surface area contributed by atoms with Gasteiger partial charge < -0.3 is 9.84 Å². The molecule has 0 atom stereocenters. The summed E-state index contributed by atoms with van der Waals surface area (Å²) in [7, 11) is 0. The van der Waals surface area contributed by atoms with E-state index in [1.807, 2.05) is 0 Å². The first-order valence-electron chi connectivity index (χ1n) is 7.25. The van der Waals surface area contributed by atoms with E-state index >= 15 is 0 Å². The highest BCUT2D eigenvalue weighted by atomic mass is 19.4. The minimum Gasteiger partial charge on any atom is -0.486 e. The third-order valence-corrected chi connectivity index (χ3v) is 3.42. The number of hydrogen-bond donors (Lipinski definition) is 1. The Labute approximate surface area is 144 Å². The Hall–Kier alpha value is -3.43. The predicted octanol–water partition coefficient (Wildman–Crippen LogP) is 2.96. The molecular formula is C16H11F3N4O3. The van der Waals surface area contributed by atoms with Crippen LogP contribution in [0.1, 0.15) is 21.7 Å². The number of aromatic carboxylic acids is 1. The number of benzene rings is 2. The van der Waals surface area contributed by atoms with Crippen molar-refractivity contribution in [2.45, 2.75) is 12.8 Å². The molecule has 134 valence electrons. The standard InChI is InChI=1S/C16H11F3N4O3/c17-16(18,19)11-2-1-3-12(8-11)23-14(20-21-22-23)9-26-13-6-4-10(5-7-13)15(24)25/h1-8H,9H2,(H,24,25). The van der Waals surface area contributed by atoms with Crippen LogP contribution in [-0.2, 0) is 12.8 Å². The van der Waals surface area contributed by atoms with Crippen LogP contribution in [0.25, 0.3) is 5.69 Å². The van der Waals surface area contributed by atoms with Gasteiger partial charge in [-0.05, 0) is 52.9 Å². The highest BCUT2D eigenvalue weighted by Crippen LogP contribution is 2.30. The molecule has 0 aliphatic rings. The van der Waals surface area contributed by atoms with Crippen molar-refractivity contribution in [3.05, 3.63) is 65.5 Å². The average molecular weight is 364 g/mol. The van der Waals surface area contributed by atoms with Crippen molar-refractivity contribution >= 4 is 5.97 Å². The second-order valence-electron chi connectivity index (χ2n) is 5.17. The highest BCUT2D eigenvalue weighted by molar-refractivity contribution is 5.87. The van der Waals surface area contributed by atoms with E-state index in [1.165, 1.54) is 36.4 Å². The Balaban J connectivity index is 1.78. The molecule has 0 aliphatic carbocycles. The molecule has 1 N–H and O–H groups in total. The fraction of sp³-hybridized carbons (Fsp3) is 0.125. The van der Waals surface area contributed by atoms with Gasteiger partial charge in [0.15, 0.2) is 5.82 Å². The van der Waals surface area contributed by atoms with Gasteiger partial charge in [-0.1, -0.05) is 6.07 Å². The Bertz CT molecular complexity index is 923. The van der Waals surface area contributed by atoms with E-state index in [4.69, 9.17) is 9.84 Å². The third-order valence-electron chi connectivity index (χ3n) is 3.42. The molecule has 3 rings (SSSR count). The number of aromatic nitrogens is 4. The SMILES string of the molecule is O=C(O)c1ccc(OCc2nnnn2-c2cccc(C(F)(F)F)c2)cc1. The van der Waals surface area contributed by atoms with Crippen LogP contribution in [0.4, 0.5) is 13.2 Å². The second-order valence-corrected chi connectivity index (χ2v) is 5.17. The maximum atomic E-state index is 12.8. The van der Waals surface area contributed by atoms with Crippen LogP contribution in [-0.4, -0.2) is 31.3 Å². The Kier molecular flexibility index (Phi) is 4.57. The molecule has 0 unspecified atom stereocenters. The molecule has 3 aromatic rings. The lowest BCUT2D eigenvalue weighted by atomic mass is 10.2. The number of hydrogen-bond acceptors (Lipinski definition) is 5. The van der Waals surface area contributed by atoms with Gasteiger partial charge in [-0.15, -0.1) is 5.10 Å². The average Bonchev–Trinajstić information content (AvgIpc) is 3.08. The van der Waals surface area contributed by atoms with Crippen LogP contribution >= 0.6 is 0 Å². The first kappa shape index (κ1) is 17.4. The molecule has 7 nitrogen and oxygen atoms in total. The summed E-state index contributed by atoms with van der Waals surface area (Å²) >= 11 is 0. The summed E-state index contributed by atoms with van der Waals surface area (Å²) in [5.74, 6) is -0.509. The maximum Gasteiger partial charge on any atom is 0.416 e. The van der Waals surface area contributed by atoms with Crippen LogP contribution in [0.3, 0.4) is 0 Å². The van der Waals surface area contributed by atoms with Crippen molar-refractivity contribution < 1.29 is 27.8 Å². The zero-order valence-electron chi connectivity index (χ0n) is 13.0. The van der Waals surface area contributed by atoms with Crippen molar-refractivity contribution in [2.75, 3.05) is 0 Å². The topological polar surface area (TPSA) is 90.1 Å². The van der Waals surface area contributed by atoms with Gasteiger partial charge in [0.25, 0.3) is 0 Å². The molecule has 1 heterocycles. The van der Waals surface area contributed by atoms with E-state index in [1.54, 1.807) is 0 Å². The highest BCUT2D eigenvalue weighted by Gasteiger charge is 2.30. The zero-order valence-corrected chi connectivity index (χ0v) is 13.0. The summed E-state index contributed by atoms with van der Waals surface area (Å²) in [5, 5.41) is 19.7. The smallest absolute Gasteiger partial charge is 0.416 e. The number of carboxylic acid groups (broad SMARTS) is 1. The van der Waals surface area contributed by atoms with E-state index in [2.05, 4.69) is 15.5 Å². The van der Waals surface area contributed by atoms with Crippen LogP contribution in [0.15, 0.2) is 48.5 Å². The number of ether oxygens (including phenoxy) is 1. The zero-order chi connectivity index (χ0) is 18.7. The molecule has 0 spiro atoms. The van der Waals surface area contributed by atoms with Crippen molar-refractivity contribution in [2.24, 2.45) is 0 Å². The monoisotopic (exact) mass is 364 g/mol. The van der Waals surface area contributed by atoms with Crippen LogP contribution in [0, 0.1) is 0 Å². The third kappa shape index (κ3) is 3.79. The molecule has 0 radical (unpaired) electrons. The predicted molar refractivity (Wildman–Crippen MR) is 81.9 cm³/mol. The summed E-state index contributed by atoms with van der Waals surface area (Å²) in [6, 6.07) is 10.2. The molecule has 0 bridgehead atoms. The van der Waals surface area contributed by atoms with Crippen molar-refractivity contribution in [1.82, 2.24) is 20.2 Å². The largest absolute Gasteiger partial charge is 0.486 e. The summed E-state index contributed by atoms with van der Waals surface area (Å²) in [6.07, 6.45) is -4.48. The maximum absolute atomic E-state index is 12.8. The van der Waals surface area contributed by atoms with Crippen molar-refractivity contribution in [3.8, 4) is 11.4 Å². The number of rotatable bonds is 5. The van der Waals surface area contributed by atoms with Crippen LogP contribution < -0.4 is 4.74 Å². The lowest BCUT2D eigenvalue weighted by molar-refractivity contribution is -0.137. The Morgan fingerprint density at radius 3 is 2.54 bits per heavy atom. The molecule has 1 aromatic heterocycles. The molecule has 10 heteroatoms. The second kappa shape index (κ2) is 6.82. The summed E-state index contributed by atoms with van der Waals surface area (Å²) < 4.78 is 45.1. The number of alkyl halides is 3. The minimum atomic E-state index is -4.48. The number of carboxylic acids is 1. The number of halogens is 3. The summed E-state index contributed by atoms with van der Waals surface area (Å²) in [4.78, 5) is 10.8. The lowest BCUT2D eigenvalue weighted by Gasteiger charge is -2.10. The molecule has 0 saturated heterocycles. The summed E-state index contributed by atoms with van der Waals surface area (Å²) in [6.45, 7) is -0.115. The number of tetrazole rings is 1. The molecule has 2 aromatic carbocycles. The van der Waals surface area contributed by atoms with Gasteiger partial charge in [0.1, 0.15) is 12.4 Å². The van der Waals surface area contributed by atoms with Crippen molar-refractivity contribution in [3.63, 3.8) is 0 Å². The van der Waals surface area contributed by atoms with Gasteiger partial charge >= 0.3 is 12.1 Å². The van der Waals surface area contributed by atoms with Gasteiger partial charge in [-0.2, -0.15) is 17.9 Å². The van der Waals surface area contributed by atoms with Gasteiger partial charge in [0.2, 0.25) is 0 Å². The van der Waals surface area contributed by atoms with E-state index < -0.39 is 17.7 Å². The quantitative estimate of drug-likeness (QED) is 0.749. The first-order valence-corrected chi connectivity index (χ1v) is 7.25. The molecule has 0 amide bonds. The normalized spacial score (nSPS) is 11.3. The fourth-order valence-corrected chi connectivity index (χ4v) is 2.15. The Morgan fingerprint density at radius 2 is 1.88 bits per heavy atom. The molecule has 26 heavy (non-hydrogen) atoms. The molecule has 0 saturated carbocycles. The van der Waals surface area contributed by atoms with Gasteiger partial charge in [-0.3, -0.25) is 0 Å². The van der Waals surface area contributed by atoms with Crippen LogP contribution in [0.2, 0.25) is 0 Å². The van der Waals surface area contributed by atoms with Gasteiger partial charge in [-0.25, -0.2) is 4.79 Å². The van der Waals surface area contributed by atoms with Crippen LogP contribution in [0.5, 0.6) is 5.75 Å². The Morgan fingerprint density at radius 1 is 1.15 bits per heavy atom. The van der Waals surface area contributed by atoms with Gasteiger partial charge in [0, 0.05) is 0 Å². The van der Waals surface area contributed by atoms with E-state index in [9.17, 15) is 18.0 Å². The summed E-state index contributed by atoms with van der Waals surface area (Å²) in [5.41, 5.74) is -0.572. The molecular weight excluding hydrogens is 353 g/mol. The fourth-order valence-electron chi connectivity index (χ4n) is 2.15. The van der Waals surface area contributed by atoms with E-state index in [0.717, 1.165) is 16.8 Å². The number of nitrogens with zero attached hydrogens (tertiary/aromatic N) is 4. The van der Waals surface area contributed by atoms with E-state index in [-0.39, 0.29) is 23.7 Å². The minimum absolute atomic E-state index is 0.103.